The largest absolute Gasteiger partial charge is 0.339 e. The molecule has 1 aliphatic heterocycles. The van der Waals surface area contributed by atoms with E-state index in [1.54, 1.807) is 0 Å². The second-order valence-corrected chi connectivity index (χ2v) is 6.69. The summed E-state index contributed by atoms with van der Waals surface area (Å²) in [5.41, 5.74) is 6.93. The lowest BCUT2D eigenvalue weighted by Crippen LogP contribution is -2.42. The second-order valence-electron chi connectivity index (χ2n) is 6.69. The first-order chi connectivity index (χ1) is 10.7. The Balaban J connectivity index is 1.67. The molecule has 120 valence electrons. The predicted molar refractivity (Wildman–Crippen MR) is 84.7 cm³/mol. The van der Waals surface area contributed by atoms with E-state index in [2.05, 4.69) is 4.90 Å². The van der Waals surface area contributed by atoms with Crippen molar-refractivity contribution in [1.29, 1.82) is 0 Å². The molecule has 22 heavy (non-hydrogen) atoms. The minimum absolute atomic E-state index is 0.124. The van der Waals surface area contributed by atoms with E-state index >= 15 is 0 Å². The summed E-state index contributed by atoms with van der Waals surface area (Å²) in [5.74, 6) is 0.579. The van der Waals surface area contributed by atoms with Gasteiger partial charge in [0.1, 0.15) is 5.82 Å². The average Bonchev–Trinajstić information content (AvgIpc) is 3.17. The smallest absolute Gasteiger partial charge is 0.226 e. The van der Waals surface area contributed by atoms with Crippen LogP contribution in [0.25, 0.3) is 0 Å². The van der Waals surface area contributed by atoms with Gasteiger partial charge in [-0.25, -0.2) is 4.39 Å². The molecular weight excluding hydrogens is 279 g/mol. The lowest BCUT2D eigenvalue weighted by Gasteiger charge is -2.29. The molecule has 0 aromatic heterocycles. The molecule has 1 aliphatic carbocycles. The quantitative estimate of drug-likeness (QED) is 0.929. The van der Waals surface area contributed by atoms with Crippen LogP contribution in [0.4, 0.5) is 4.39 Å². The SMILES string of the molecule is NC[C@H]1CCC[C@H]1C(=O)N1CCCC1Cc1ccc(F)cc1. The van der Waals surface area contributed by atoms with Crippen LogP contribution in [0.15, 0.2) is 24.3 Å². The van der Waals surface area contributed by atoms with Crippen LogP contribution < -0.4 is 5.73 Å². The normalized spacial score (nSPS) is 28.3. The summed E-state index contributed by atoms with van der Waals surface area (Å²) in [6, 6.07) is 6.91. The molecule has 3 atom stereocenters. The maximum absolute atomic E-state index is 13.0. The molecule has 1 aromatic carbocycles. The van der Waals surface area contributed by atoms with Crippen molar-refractivity contribution < 1.29 is 9.18 Å². The fraction of sp³-hybridized carbons (Fsp3) is 0.611. The third kappa shape index (κ3) is 3.17. The Morgan fingerprint density at radius 1 is 1.18 bits per heavy atom. The van der Waals surface area contributed by atoms with Gasteiger partial charge in [0.25, 0.3) is 0 Å². The zero-order chi connectivity index (χ0) is 15.5. The molecule has 1 saturated heterocycles. The van der Waals surface area contributed by atoms with Crippen molar-refractivity contribution in [3.8, 4) is 0 Å². The van der Waals surface area contributed by atoms with Gasteiger partial charge >= 0.3 is 0 Å². The zero-order valence-electron chi connectivity index (χ0n) is 13.0. The molecule has 3 rings (SSSR count). The molecular formula is C18H25FN2O. The summed E-state index contributed by atoms with van der Waals surface area (Å²) in [5, 5.41) is 0. The Labute approximate surface area is 131 Å². The van der Waals surface area contributed by atoms with Crippen LogP contribution in [0.3, 0.4) is 0 Å². The van der Waals surface area contributed by atoms with E-state index in [1.165, 1.54) is 12.1 Å². The number of nitrogens with two attached hydrogens (primary N) is 1. The van der Waals surface area contributed by atoms with Crippen LogP contribution in [0.5, 0.6) is 0 Å². The van der Waals surface area contributed by atoms with Crippen LogP contribution in [0.2, 0.25) is 0 Å². The first-order valence-electron chi connectivity index (χ1n) is 8.44. The van der Waals surface area contributed by atoms with Gasteiger partial charge < -0.3 is 10.6 Å². The van der Waals surface area contributed by atoms with Gasteiger partial charge in [-0.05, 0) is 62.3 Å². The fourth-order valence-electron chi connectivity index (χ4n) is 4.09. The molecule has 2 N–H and O–H groups in total. The van der Waals surface area contributed by atoms with Gasteiger partial charge in [-0.1, -0.05) is 18.6 Å². The van der Waals surface area contributed by atoms with Gasteiger partial charge in [-0.2, -0.15) is 0 Å². The second kappa shape index (κ2) is 6.78. The average molecular weight is 304 g/mol. The van der Waals surface area contributed by atoms with E-state index in [-0.39, 0.29) is 17.8 Å². The molecule has 0 radical (unpaired) electrons. The van der Waals surface area contributed by atoms with Crippen molar-refractivity contribution in [1.82, 2.24) is 4.90 Å². The van der Waals surface area contributed by atoms with Crippen LogP contribution in [0, 0.1) is 17.7 Å². The van der Waals surface area contributed by atoms with E-state index in [0.29, 0.717) is 18.4 Å². The molecule has 2 aliphatic rings. The zero-order valence-corrected chi connectivity index (χ0v) is 13.0. The van der Waals surface area contributed by atoms with Crippen molar-refractivity contribution >= 4 is 5.91 Å². The van der Waals surface area contributed by atoms with Crippen molar-refractivity contribution in [2.45, 2.75) is 44.6 Å². The van der Waals surface area contributed by atoms with Crippen molar-refractivity contribution in [3.05, 3.63) is 35.6 Å². The standard InChI is InChI=1S/C18H25FN2O/c19-15-8-6-13(7-9-15)11-16-4-2-10-21(16)18(22)17-5-1-3-14(17)12-20/h6-9,14,16-17H,1-5,10-12,20H2/t14-,16?,17-/m1/s1. The predicted octanol–water partition coefficient (Wildman–Crippen LogP) is 2.73. The maximum Gasteiger partial charge on any atom is 0.226 e. The number of carbonyl (C=O) groups excluding carboxylic acids is 1. The molecule has 1 aromatic rings. The van der Waals surface area contributed by atoms with Crippen LogP contribution in [0.1, 0.15) is 37.7 Å². The third-order valence-electron chi connectivity index (χ3n) is 5.32. The highest BCUT2D eigenvalue weighted by Crippen LogP contribution is 2.34. The number of hydrogen-bond donors (Lipinski definition) is 1. The minimum atomic E-state index is -0.208. The van der Waals surface area contributed by atoms with Crippen molar-refractivity contribution in [2.75, 3.05) is 13.1 Å². The highest BCUT2D eigenvalue weighted by molar-refractivity contribution is 5.80. The van der Waals surface area contributed by atoms with Gasteiger partial charge in [-0.3, -0.25) is 4.79 Å². The van der Waals surface area contributed by atoms with Crippen LogP contribution in [-0.4, -0.2) is 29.9 Å². The lowest BCUT2D eigenvalue weighted by atomic mass is 9.94. The molecule has 1 unspecified atom stereocenters. The number of likely N-dealkylation sites (tertiary alicyclic amines) is 1. The van der Waals surface area contributed by atoms with E-state index < -0.39 is 0 Å². The van der Waals surface area contributed by atoms with Crippen molar-refractivity contribution in [3.63, 3.8) is 0 Å². The Bertz CT molecular complexity index is 516. The molecule has 1 saturated carbocycles. The number of rotatable bonds is 4. The Morgan fingerprint density at radius 3 is 2.68 bits per heavy atom. The Kier molecular flexibility index (Phi) is 4.77. The Hall–Kier alpha value is -1.42. The van der Waals surface area contributed by atoms with Gasteiger partial charge in [0.15, 0.2) is 0 Å². The molecule has 0 bridgehead atoms. The molecule has 0 spiro atoms. The van der Waals surface area contributed by atoms with Gasteiger partial charge in [0.05, 0.1) is 0 Å². The summed E-state index contributed by atoms with van der Waals surface area (Å²) < 4.78 is 13.0. The highest BCUT2D eigenvalue weighted by atomic mass is 19.1. The van der Waals surface area contributed by atoms with Gasteiger partial charge in [-0.15, -0.1) is 0 Å². The summed E-state index contributed by atoms with van der Waals surface area (Å²) in [7, 11) is 0. The Morgan fingerprint density at radius 2 is 1.95 bits per heavy atom. The first-order valence-corrected chi connectivity index (χ1v) is 8.44. The number of amides is 1. The minimum Gasteiger partial charge on any atom is -0.339 e. The lowest BCUT2D eigenvalue weighted by molar-refractivity contribution is -0.137. The van der Waals surface area contributed by atoms with Gasteiger partial charge in [0, 0.05) is 18.5 Å². The maximum atomic E-state index is 13.0. The molecule has 2 fully saturated rings. The number of hydrogen-bond acceptors (Lipinski definition) is 2. The number of carbonyl (C=O) groups is 1. The summed E-state index contributed by atoms with van der Waals surface area (Å²) in [6.45, 7) is 1.48. The highest BCUT2D eigenvalue weighted by Gasteiger charge is 2.38. The van der Waals surface area contributed by atoms with Crippen LogP contribution in [-0.2, 0) is 11.2 Å². The van der Waals surface area contributed by atoms with E-state index in [1.807, 2.05) is 12.1 Å². The third-order valence-corrected chi connectivity index (χ3v) is 5.32. The fourth-order valence-corrected chi connectivity index (χ4v) is 4.09. The summed E-state index contributed by atoms with van der Waals surface area (Å²) in [4.78, 5) is 15.0. The number of benzene rings is 1. The molecule has 1 amide bonds. The monoisotopic (exact) mass is 304 g/mol. The van der Waals surface area contributed by atoms with Crippen LogP contribution >= 0.6 is 0 Å². The summed E-state index contributed by atoms with van der Waals surface area (Å²) >= 11 is 0. The molecule has 1 heterocycles. The van der Waals surface area contributed by atoms with Crippen molar-refractivity contribution in [2.24, 2.45) is 17.6 Å². The number of halogens is 1. The number of nitrogens with zero attached hydrogens (tertiary/aromatic N) is 1. The van der Waals surface area contributed by atoms with E-state index in [9.17, 15) is 9.18 Å². The van der Waals surface area contributed by atoms with Gasteiger partial charge in [0.2, 0.25) is 5.91 Å². The molecule has 4 heteroatoms. The molecule has 3 nitrogen and oxygen atoms in total. The van der Waals surface area contributed by atoms with E-state index in [4.69, 9.17) is 5.73 Å². The first kappa shape index (κ1) is 15.5. The summed E-state index contributed by atoms with van der Waals surface area (Å²) in [6.07, 6.45) is 6.13. The van der Waals surface area contributed by atoms with E-state index in [0.717, 1.165) is 50.6 Å². The topological polar surface area (TPSA) is 46.3 Å².